The number of ether oxygens (including phenoxy) is 1. The molecule has 1 atom stereocenters. The molecular formula is C15H18Br3FmN4O6-. The molecule has 0 fully saturated rings. The van der Waals surface area contributed by atoms with Crippen LogP contribution in [0.4, 0.5) is 0 Å². The number of esters is 1. The minimum Gasteiger partial charge on any atom is -0.526 e. The molecule has 0 aromatic carbocycles. The number of aromatic nitrogens is 2. The number of nitrogens with zero attached hydrogens (tertiary/aromatic N) is 2. The number of hydrogen-bond acceptors (Lipinski definition) is 6. The molecule has 1 aromatic rings. The molecule has 0 saturated carbocycles. The number of H-pyrrole nitrogens is 1. The zero-order valence-electron chi connectivity index (χ0n) is 15.2. The molecule has 0 saturated heterocycles. The van der Waals surface area contributed by atoms with Gasteiger partial charge in [-0.15, -0.1) is 0 Å². The van der Waals surface area contributed by atoms with E-state index in [1.807, 2.05) is 0 Å². The number of rotatable bonds is 9. The van der Waals surface area contributed by atoms with Crippen LogP contribution in [0.2, 0.25) is 0 Å². The van der Waals surface area contributed by atoms with Crippen molar-refractivity contribution in [2.45, 2.75) is 28.6 Å². The number of carbonyl (C=O) groups excluding carboxylic acids is 3. The number of hydrogen-bond donors (Lipinski definition) is 2. The maximum Gasteiger partial charge on any atom is 0.328 e. The van der Waals surface area contributed by atoms with Crippen LogP contribution in [0, 0.1) is 6.92 Å². The summed E-state index contributed by atoms with van der Waals surface area (Å²) in [5, 5.41) is 2.36. The minimum absolute atomic E-state index is 0. The number of nitrogens with one attached hydrogen (secondary N) is 2. The Kier molecular flexibility index (Phi) is 10.5. The molecule has 1 heterocycles. The number of carbonyl (C=O) groups is 2. The zero-order chi connectivity index (χ0) is 21.5. The smallest absolute Gasteiger partial charge is 0.328 e. The Hall–Kier alpha value is -2.47. The first kappa shape index (κ1) is 26.5. The molecule has 0 radical (unpaired) electrons. The van der Waals surface area contributed by atoms with E-state index in [-0.39, 0.29) is 18.7 Å². The first-order valence-corrected chi connectivity index (χ1v) is 10.2. The molecule has 1 rings (SSSR count). The third-order valence-corrected chi connectivity index (χ3v) is 4.05. The molecule has 168 valence electrons. The Bertz CT molecular complexity index is 839. The van der Waals surface area contributed by atoms with Crippen LogP contribution in [0.5, 0.6) is 0 Å². The predicted octanol–water partition coefficient (Wildman–Crippen LogP) is 0.101. The molecule has 2 amide bonds. The van der Waals surface area contributed by atoms with Crippen molar-refractivity contribution in [3.8, 4) is 0 Å². The van der Waals surface area contributed by atoms with Gasteiger partial charge in [-0.2, -0.15) is 6.41 Å². The Morgan fingerprint density at radius 2 is 2.00 bits per heavy atom. The Morgan fingerprint density at radius 1 is 1.38 bits per heavy atom. The van der Waals surface area contributed by atoms with Crippen LogP contribution in [0.1, 0.15) is 12.5 Å². The molecule has 1 aromatic heterocycles. The SMILES string of the molecule is Cc1cn(CC(=O)N(CC(=O)OCC(Br)(Br)Br)CC(C)N[C-]=O)c(=O)[nH]c1=O.[Fm]. The van der Waals surface area contributed by atoms with Gasteiger partial charge in [0.25, 0.3) is 5.56 Å². The van der Waals surface area contributed by atoms with Crippen molar-refractivity contribution < 1.29 is 19.1 Å². The van der Waals surface area contributed by atoms with E-state index in [4.69, 9.17) is 4.74 Å². The Balaban J connectivity index is 0.00000784. The Morgan fingerprint density at radius 3 is 2.55 bits per heavy atom. The van der Waals surface area contributed by atoms with Gasteiger partial charge in [0.2, 0.25) is 5.91 Å². The van der Waals surface area contributed by atoms with Gasteiger partial charge in [0.05, 0.1) is 0 Å². The van der Waals surface area contributed by atoms with E-state index in [0.29, 0.717) is 0 Å². The molecule has 0 aliphatic carbocycles. The second kappa shape index (κ2) is 11.5. The largest absolute Gasteiger partial charge is 0.526 e. The van der Waals surface area contributed by atoms with Crippen molar-refractivity contribution in [2.75, 3.05) is 19.7 Å². The van der Waals surface area contributed by atoms with Gasteiger partial charge in [0.1, 0.15) is 19.7 Å². The summed E-state index contributed by atoms with van der Waals surface area (Å²) in [6, 6.07) is -0.495. The molecule has 10 nitrogen and oxygen atoms in total. The van der Waals surface area contributed by atoms with Crippen LogP contribution in [0.15, 0.2) is 15.8 Å². The van der Waals surface area contributed by atoms with Crippen LogP contribution in [-0.2, 0) is 25.7 Å². The normalized spacial score (nSPS) is 11.8. The van der Waals surface area contributed by atoms with Crippen molar-refractivity contribution in [1.82, 2.24) is 19.8 Å². The number of alkyl halides is 3. The first-order valence-electron chi connectivity index (χ1n) is 7.86. The van der Waals surface area contributed by atoms with Crippen LogP contribution in [0.3, 0.4) is 0 Å². The molecular weight excluding hydrogens is 829 g/mol. The number of halogens is 3. The molecule has 0 aliphatic rings. The van der Waals surface area contributed by atoms with Gasteiger partial charge in [-0.05, 0) is 13.8 Å². The van der Waals surface area contributed by atoms with Gasteiger partial charge in [-0.3, -0.25) is 23.9 Å². The fraction of sp³-hybridized carbons (Fsp3) is 0.533. The van der Waals surface area contributed by atoms with Gasteiger partial charge >= 0.3 is 11.7 Å². The fourth-order valence-corrected chi connectivity index (χ4v) is 2.42. The van der Waals surface area contributed by atoms with Crippen molar-refractivity contribution >= 4 is 66.1 Å². The number of aryl methyl sites for hydroxylation is 1. The van der Waals surface area contributed by atoms with E-state index in [0.717, 1.165) is 9.47 Å². The summed E-state index contributed by atoms with van der Waals surface area (Å²) in [4.78, 5) is 61.8. The summed E-state index contributed by atoms with van der Waals surface area (Å²) in [7, 11) is 0. The average Bonchev–Trinajstić information content (AvgIpc) is 2.57. The fourth-order valence-electron chi connectivity index (χ4n) is 2.08. The van der Waals surface area contributed by atoms with Crippen molar-refractivity contribution in [1.29, 1.82) is 0 Å². The second-order valence-electron chi connectivity index (χ2n) is 5.90. The monoisotopic (exact) mass is 844 g/mol. The molecule has 1 unspecified atom stereocenters. The molecule has 0 bridgehead atoms. The van der Waals surface area contributed by atoms with E-state index < -0.39 is 44.4 Å². The van der Waals surface area contributed by atoms with Gasteiger partial charge in [0, 0.05) is 24.3 Å². The van der Waals surface area contributed by atoms with E-state index in [1.54, 1.807) is 6.92 Å². The molecule has 2 N–H and O–H groups in total. The van der Waals surface area contributed by atoms with E-state index in [1.165, 1.54) is 19.5 Å². The number of aromatic amines is 1. The van der Waals surface area contributed by atoms with Crippen LogP contribution < -0.4 is 16.6 Å². The van der Waals surface area contributed by atoms with E-state index >= 15 is 0 Å². The summed E-state index contributed by atoms with van der Waals surface area (Å²) < 4.78 is 5.29. The van der Waals surface area contributed by atoms with Gasteiger partial charge in [-0.1, -0.05) is 47.8 Å². The van der Waals surface area contributed by atoms with Crippen molar-refractivity contribution in [3.63, 3.8) is 0 Å². The van der Waals surface area contributed by atoms with Gasteiger partial charge < -0.3 is 19.7 Å². The zero-order valence-corrected chi connectivity index (χ0v) is 22.4. The Labute approximate surface area is 185 Å². The summed E-state index contributed by atoms with van der Waals surface area (Å²) >= 11 is 9.55. The van der Waals surface area contributed by atoms with Gasteiger partial charge in [-0.25, -0.2) is 4.79 Å². The maximum atomic E-state index is 12.6. The second-order valence-corrected chi connectivity index (χ2v) is 13.2. The quantitative estimate of drug-likeness (QED) is 0.157. The first-order chi connectivity index (χ1) is 12.9. The third-order valence-electron chi connectivity index (χ3n) is 3.36. The summed E-state index contributed by atoms with van der Waals surface area (Å²) in [6.45, 7) is 2.23. The predicted molar refractivity (Wildman–Crippen MR) is 111 cm³/mol. The average molecular weight is 847 g/mol. The molecule has 14 heteroatoms. The maximum absolute atomic E-state index is 12.6. The summed E-state index contributed by atoms with van der Waals surface area (Å²) in [6.07, 6.45) is 2.77. The third kappa shape index (κ3) is 9.52. The van der Waals surface area contributed by atoms with E-state index in [9.17, 15) is 24.0 Å². The number of amides is 2. The van der Waals surface area contributed by atoms with E-state index in [2.05, 4.69) is 58.1 Å². The van der Waals surface area contributed by atoms with Crippen LogP contribution >= 0.6 is 47.8 Å². The van der Waals surface area contributed by atoms with Crippen LogP contribution in [0.25, 0.3) is 0 Å². The van der Waals surface area contributed by atoms with Crippen LogP contribution in [-0.4, -0.2) is 60.6 Å². The molecule has 29 heavy (non-hydrogen) atoms. The van der Waals surface area contributed by atoms with Crippen molar-refractivity contribution in [3.05, 3.63) is 32.6 Å². The molecule has 0 spiro atoms. The summed E-state index contributed by atoms with van der Waals surface area (Å²) in [5.74, 6) is -1.27. The summed E-state index contributed by atoms with van der Waals surface area (Å²) in [5.41, 5.74) is -1.04. The van der Waals surface area contributed by atoms with Crippen molar-refractivity contribution in [2.24, 2.45) is 0 Å². The minimum atomic E-state index is -0.792. The van der Waals surface area contributed by atoms with Gasteiger partial charge in [0.15, 0.2) is 2.14 Å². The molecule has 0 aliphatic heterocycles. The topological polar surface area (TPSA) is 131 Å². The standard InChI is InChI=1S/C15H18Br3N4O6.Fm/c1-9-3-22(14(27)20-13(9)26)5-11(24)21(4-10(2)19-8-23)6-12(25)28-7-15(16,17)18;/h3,10H,4-7H2,1-2H3,(H,19,23)(H,20,26,27);/q-1;.